The Morgan fingerprint density at radius 2 is 2.31 bits per heavy atom. The molecule has 0 aliphatic heterocycles. The normalized spacial score (nSPS) is 9.62. The van der Waals surface area contributed by atoms with Crippen molar-refractivity contribution in [1.82, 2.24) is 4.98 Å². The van der Waals surface area contributed by atoms with Crippen LogP contribution >= 0.6 is 11.8 Å². The van der Waals surface area contributed by atoms with E-state index >= 15 is 0 Å². The van der Waals surface area contributed by atoms with Crippen molar-refractivity contribution in [2.45, 2.75) is 25.2 Å². The molecule has 3 heteroatoms. The molecule has 2 nitrogen and oxygen atoms in total. The van der Waals surface area contributed by atoms with Crippen LogP contribution in [0.4, 0.5) is 0 Å². The highest BCUT2D eigenvalue weighted by Crippen LogP contribution is 2.25. The second-order valence-corrected chi connectivity index (χ2v) is 3.82. The number of nitriles is 1. The molecule has 1 aromatic rings. The monoisotopic (exact) mass is 192 g/mol. The largest absolute Gasteiger partial charge is 0.244 e. The molecule has 68 valence electrons. The molecule has 0 aliphatic carbocycles. The van der Waals surface area contributed by atoms with Crippen LogP contribution in [-0.2, 0) is 6.42 Å². The van der Waals surface area contributed by atoms with Crippen molar-refractivity contribution in [3.8, 4) is 6.07 Å². The molecule has 1 aromatic heterocycles. The van der Waals surface area contributed by atoms with Gasteiger partial charge in [-0.1, -0.05) is 13.8 Å². The van der Waals surface area contributed by atoms with E-state index in [1.807, 2.05) is 6.07 Å². The Kier molecular flexibility index (Phi) is 3.78. The SMILES string of the molecule is CCSc1c(CC)ccnc1C#N. The molecule has 0 saturated heterocycles. The first-order valence-corrected chi connectivity index (χ1v) is 5.32. The third-order valence-electron chi connectivity index (χ3n) is 1.76. The zero-order chi connectivity index (χ0) is 9.68. The maximum absolute atomic E-state index is 8.84. The van der Waals surface area contributed by atoms with Crippen molar-refractivity contribution >= 4 is 11.8 Å². The Hall–Kier alpha value is -1.01. The lowest BCUT2D eigenvalue weighted by molar-refractivity contribution is 1.03. The third kappa shape index (κ3) is 2.22. The van der Waals surface area contributed by atoms with Gasteiger partial charge in [0, 0.05) is 11.1 Å². The smallest absolute Gasteiger partial charge is 0.154 e. The first-order valence-electron chi connectivity index (χ1n) is 4.34. The number of hydrogen-bond donors (Lipinski definition) is 0. The zero-order valence-corrected chi connectivity index (χ0v) is 8.69. The van der Waals surface area contributed by atoms with Crippen LogP contribution in [0.5, 0.6) is 0 Å². The highest BCUT2D eigenvalue weighted by molar-refractivity contribution is 7.99. The van der Waals surface area contributed by atoms with E-state index in [1.165, 1.54) is 5.56 Å². The lowest BCUT2D eigenvalue weighted by Gasteiger charge is -2.06. The molecule has 1 rings (SSSR count). The maximum atomic E-state index is 8.84. The van der Waals surface area contributed by atoms with Crippen molar-refractivity contribution in [3.63, 3.8) is 0 Å². The van der Waals surface area contributed by atoms with Crippen LogP contribution in [0.15, 0.2) is 17.2 Å². The van der Waals surface area contributed by atoms with E-state index in [9.17, 15) is 0 Å². The molecular weight excluding hydrogens is 180 g/mol. The summed E-state index contributed by atoms with van der Waals surface area (Å²) in [5, 5.41) is 8.84. The number of thioether (sulfide) groups is 1. The minimum Gasteiger partial charge on any atom is -0.244 e. The van der Waals surface area contributed by atoms with Gasteiger partial charge in [0.1, 0.15) is 6.07 Å². The molecule has 0 aromatic carbocycles. The number of aromatic nitrogens is 1. The minimum atomic E-state index is 0.561. The van der Waals surface area contributed by atoms with E-state index in [-0.39, 0.29) is 0 Å². The Morgan fingerprint density at radius 1 is 1.54 bits per heavy atom. The van der Waals surface area contributed by atoms with Gasteiger partial charge in [0.05, 0.1) is 0 Å². The van der Waals surface area contributed by atoms with E-state index in [0.29, 0.717) is 5.69 Å². The summed E-state index contributed by atoms with van der Waals surface area (Å²) in [4.78, 5) is 5.09. The van der Waals surface area contributed by atoms with Gasteiger partial charge in [0.2, 0.25) is 0 Å². The number of hydrogen-bond acceptors (Lipinski definition) is 3. The molecule has 13 heavy (non-hydrogen) atoms. The first kappa shape index (κ1) is 10.1. The Labute approximate surface area is 83.0 Å². The molecule has 0 amide bonds. The fraction of sp³-hybridized carbons (Fsp3) is 0.400. The molecule has 0 unspecified atom stereocenters. The van der Waals surface area contributed by atoms with Crippen molar-refractivity contribution < 1.29 is 0 Å². The number of nitrogens with zero attached hydrogens (tertiary/aromatic N) is 2. The standard InChI is InChI=1S/C10H12N2S/c1-3-8-5-6-12-9(7-11)10(8)13-4-2/h5-6H,3-4H2,1-2H3. The van der Waals surface area contributed by atoms with Crippen LogP contribution in [0.25, 0.3) is 0 Å². The topological polar surface area (TPSA) is 36.7 Å². The highest BCUT2D eigenvalue weighted by atomic mass is 32.2. The Morgan fingerprint density at radius 3 is 2.85 bits per heavy atom. The van der Waals surface area contributed by atoms with Crippen molar-refractivity contribution in [3.05, 3.63) is 23.5 Å². The molecule has 0 N–H and O–H groups in total. The Balaban J connectivity index is 3.15. The van der Waals surface area contributed by atoms with Gasteiger partial charge in [-0.05, 0) is 23.8 Å². The molecule has 0 atom stereocenters. The van der Waals surface area contributed by atoms with Crippen LogP contribution in [0.2, 0.25) is 0 Å². The second kappa shape index (κ2) is 4.88. The van der Waals surface area contributed by atoms with Crippen molar-refractivity contribution in [2.75, 3.05) is 5.75 Å². The number of pyridine rings is 1. The molecule has 1 heterocycles. The Bertz CT molecular complexity index is 328. The summed E-state index contributed by atoms with van der Waals surface area (Å²) in [6.07, 6.45) is 2.66. The van der Waals surface area contributed by atoms with E-state index in [0.717, 1.165) is 17.1 Å². The van der Waals surface area contributed by atoms with Crippen LogP contribution in [-0.4, -0.2) is 10.7 Å². The second-order valence-electron chi connectivity index (χ2n) is 2.55. The van der Waals surface area contributed by atoms with Gasteiger partial charge in [-0.25, -0.2) is 4.98 Å². The summed E-state index contributed by atoms with van der Waals surface area (Å²) in [6.45, 7) is 4.18. The zero-order valence-electron chi connectivity index (χ0n) is 7.87. The molecule has 0 aliphatic rings. The average Bonchev–Trinajstić information content (AvgIpc) is 2.18. The fourth-order valence-corrected chi connectivity index (χ4v) is 2.07. The molecule has 0 spiro atoms. The van der Waals surface area contributed by atoms with Crippen molar-refractivity contribution in [1.29, 1.82) is 5.26 Å². The summed E-state index contributed by atoms with van der Waals surface area (Å²) in [7, 11) is 0. The number of aryl methyl sites for hydroxylation is 1. The predicted molar refractivity (Wildman–Crippen MR) is 54.7 cm³/mol. The van der Waals surface area contributed by atoms with E-state index in [2.05, 4.69) is 24.9 Å². The van der Waals surface area contributed by atoms with Gasteiger partial charge >= 0.3 is 0 Å². The van der Waals surface area contributed by atoms with Gasteiger partial charge in [-0.15, -0.1) is 11.8 Å². The summed E-state index contributed by atoms with van der Waals surface area (Å²) in [6, 6.07) is 4.11. The average molecular weight is 192 g/mol. The predicted octanol–water partition coefficient (Wildman–Crippen LogP) is 2.63. The molecule has 0 fully saturated rings. The lowest BCUT2D eigenvalue weighted by Crippen LogP contribution is -1.93. The third-order valence-corrected chi connectivity index (χ3v) is 2.79. The maximum Gasteiger partial charge on any atom is 0.154 e. The summed E-state index contributed by atoms with van der Waals surface area (Å²) < 4.78 is 0. The van der Waals surface area contributed by atoms with Gasteiger partial charge in [-0.3, -0.25) is 0 Å². The lowest BCUT2D eigenvalue weighted by atomic mass is 10.2. The fourth-order valence-electron chi connectivity index (χ4n) is 1.15. The summed E-state index contributed by atoms with van der Waals surface area (Å²) in [5.74, 6) is 0.980. The number of rotatable bonds is 3. The van der Waals surface area contributed by atoms with Crippen LogP contribution in [0.1, 0.15) is 25.1 Å². The van der Waals surface area contributed by atoms with E-state index in [4.69, 9.17) is 5.26 Å². The van der Waals surface area contributed by atoms with Gasteiger partial charge in [-0.2, -0.15) is 5.26 Å². The molecule has 0 saturated carbocycles. The molecule has 0 radical (unpaired) electrons. The summed E-state index contributed by atoms with van der Waals surface area (Å²) >= 11 is 1.69. The quantitative estimate of drug-likeness (QED) is 0.691. The summed E-state index contributed by atoms with van der Waals surface area (Å²) in [5.41, 5.74) is 1.78. The van der Waals surface area contributed by atoms with Crippen molar-refractivity contribution in [2.24, 2.45) is 0 Å². The van der Waals surface area contributed by atoms with Gasteiger partial charge in [0.15, 0.2) is 5.69 Å². The first-order chi connectivity index (χ1) is 6.33. The van der Waals surface area contributed by atoms with Crippen LogP contribution in [0, 0.1) is 11.3 Å². The minimum absolute atomic E-state index is 0.561. The van der Waals surface area contributed by atoms with Gasteiger partial charge in [0.25, 0.3) is 0 Å². The van der Waals surface area contributed by atoms with Crippen LogP contribution in [0.3, 0.4) is 0 Å². The highest BCUT2D eigenvalue weighted by Gasteiger charge is 2.07. The molecule has 0 bridgehead atoms. The molecular formula is C10H12N2S. The van der Waals surface area contributed by atoms with E-state index < -0.39 is 0 Å². The van der Waals surface area contributed by atoms with Gasteiger partial charge < -0.3 is 0 Å². The van der Waals surface area contributed by atoms with E-state index in [1.54, 1.807) is 18.0 Å². The van der Waals surface area contributed by atoms with Crippen LogP contribution < -0.4 is 0 Å².